The molecule has 2 N–H and O–H groups in total. The van der Waals surface area contributed by atoms with Gasteiger partial charge < -0.3 is 10.6 Å². The summed E-state index contributed by atoms with van der Waals surface area (Å²) in [4.78, 5) is 11.3. The van der Waals surface area contributed by atoms with Gasteiger partial charge in [0.25, 0.3) is 0 Å². The molecule has 0 radical (unpaired) electrons. The molecule has 0 bridgehead atoms. The number of guanidine groups is 1. The molecule has 7 nitrogen and oxygen atoms in total. The highest BCUT2D eigenvalue weighted by Crippen LogP contribution is 2.25. The van der Waals surface area contributed by atoms with Crippen LogP contribution in [0.15, 0.2) is 11.3 Å². The summed E-state index contributed by atoms with van der Waals surface area (Å²) in [5.41, 5.74) is 0. The van der Waals surface area contributed by atoms with Crippen LogP contribution in [0.2, 0.25) is 0 Å². The summed E-state index contributed by atoms with van der Waals surface area (Å²) in [5.74, 6) is 1.70. The highest BCUT2D eigenvalue weighted by atomic mass is 15.3. The molecule has 1 aliphatic rings. The Bertz CT molecular complexity index is 450. The highest BCUT2D eigenvalue weighted by molar-refractivity contribution is 5.79. The first kappa shape index (κ1) is 15.8. The van der Waals surface area contributed by atoms with Crippen LogP contribution in [0.25, 0.3) is 0 Å². The Hall–Kier alpha value is -1.63. The van der Waals surface area contributed by atoms with Gasteiger partial charge in [0.2, 0.25) is 0 Å². The molecule has 0 aromatic carbocycles. The van der Waals surface area contributed by atoms with Crippen molar-refractivity contribution in [1.82, 2.24) is 30.3 Å². The van der Waals surface area contributed by atoms with Crippen LogP contribution in [0.5, 0.6) is 0 Å². The summed E-state index contributed by atoms with van der Waals surface area (Å²) < 4.78 is 1.75. The molecule has 7 heteroatoms. The lowest BCUT2D eigenvalue weighted by molar-refractivity contribution is 0.282. The summed E-state index contributed by atoms with van der Waals surface area (Å²) >= 11 is 0. The van der Waals surface area contributed by atoms with E-state index in [0.29, 0.717) is 6.54 Å². The van der Waals surface area contributed by atoms with Gasteiger partial charge in [-0.3, -0.25) is 9.58 Å². The van der Waals surface area contributed by atoms with Gasteiger partial charge in [-0.2, -0.15) is 5.10 Å². The largest absolute Gasteiger partial charge is 0.357 e. The van der Waals surface area contributed by atoms with Crippen molar-refractivity contribution in [3.05, 3.63) is 12.2 Å². The van der Waals surface area contributed by atoms with Gasteiger partial charge in [0.15, 0.2) is 5.96 Å². The van der Waals surface area contributed by atoms with Crippen molar-refractivity contribution < 1.29 is 0 Å². The molecule has 1 saturated carbocycles. The van der Waals surface area contributed by atoms with E-state index >= 15 is 0 Å². The first-order chi connectivity index (χ1) is 10.2. The van der Waals surface area contributed by atoms with Crippen LogP contribution in [0, 0.1) is 0 Å². The summed E-state index contributed by atoms with van der Waals surface area (Å²) in [6, 6.07) is 0.815. The van der Waals surface area contributed by atoms with Crippen LogP contribution in [0.4, 0.5) is 0 Å². The van der Waals surface area contributed by atoms with E-state index in [1.165, 1.54) is 12.8 Å². The predicted octanol–water partition coefficient (Wildman–Crippen LogP) is 0.355. The number of rotatable bonds is 8. The number of nitrogens with one attached hydrogen (secondary N) is 2. The van der Waals surface area contributed by atoms with Crippen LogP contribution in [0.3, 0.4) is 0 Å². The summed E-state index contributed by atoms with van der Waals surface area (Å²) in [5, 5.41) is 10.7. The fourth-order valence-corrected chi connectivity index (χ4v) is 2.31. The van der Waals surface area contributed by atoms with Crippen LogP contribution in [-0.4, -0.2) is 57.8 Å². The third-order valence-corrected chi connectivity index (χ3v) is 3.69. The first-order valence-electron chi connectivity index (χ1n) is 7.83. The third kappa shape index (κ3) is 5.00. The molecule has 118 valence electrons. The lowest BCUT2D eigenvalue weighted by Crippen LogP contribution is -2.42. The second-order valence-corrected chi connectivity index (χ2v) is 5.28. The topological polar surface area (TPSA) is 70.4 Å². The van der Waals surface area contributed by atoms with Crippen molar-refractivity contribution in [3.8, 4) is 0 Å². The zero-order chi connectivity index (χ0) is 15.1. The molecule has 1 aliphatic carbocycles. The van der Waals surface area contributed by atoms with E-state index in [-0.39, 0.29) is 0 Å². The number of likely N-dealkylation sites (N-methyl/N-ethyl adjacent to an activating group) is 1. The third-order valence-electron chi connectivity index (χ3n) is 3.69. The molecule has 1 aromatic heterocycles. The minimum absolute atomic E-state index is 0.534. The van der Waals surface area contributed by atoms with Gasteiger partial charge in [-0.1, -0.05) is 6.92 Å². The molecule has 0 unspecified atom stereocenters. The summed E-state index contributed by atoms with van der Waals surface area (Å²) in [6.45, 7) is 8.79. The lowest BCUT2D eigenvalue weighted by Gasteiger charge is -2.20. The summed E-state index contributed by atoms with van der Waals surface area (Å²) in [7, 11) is 1.88. The van der Waals surface area contributed by atoms with Gasteiger partial charge in [-0.25, -0.2) is 9.98 Å². The molecule has 0 spiro atoms. The van der Waals surface area contributed by atoms with Crippen LogP contribution in [-0.2, 0) is 13.6 Å². The minimum Gasteiger partial charge on any atom is -0.357 e. The van der Waals surface area contributed by atoms with Crippen molar-refractivity contribution in [1.29, 1.82) is 0 Å². The van der Waals surface area contributed by atoms with E-state index in [4.69, 9.17) is 0 Å². The number of nitrogens with zero attached hydrogens (tertiary/aromatic N) is 5. The molecular weight excluding hydrogens is 266 g/mol. The Morgan fingerprint density at radius 2 is 2.24 bits per heavy atom. The maximum atomic E-state index is 4.55. The predicted molar refractivity (Wildman–Crippen MR) is 84.1 cm³/mol. The molecule has 21 heavy (non-hydrogen) atoms. The standard InChI is InChI=1S/C14H27N7/c1-4-15-14(17-10-13-18-11-19-20(13)3)16-8-9-21(5-2)12-6-7-12/h11-12H,4-10H2,1-3H3,(H2,15,16,17). The fourth-order valence-electron chi connectivity index (χ4n) is 2.31. The van der Waals surface area contributed by atoms with E-state index < -0.39 is 0 Å². The lowest BCUT2D eigenvalue weighted by atomic mass is 10.4. The van der Waals surface area contributed by atoms with Crippen LogP contribution < -0.4 is 10.6 Å². The zero-order valence-corrected chi connectivity index (χ0v) is 13.3. The Morgan fingerprint density at radius 3 is 2.81 bits per heavy atom. The molecular formula is C14H27N7. The van der Waals surface area contributed by atoms with E-state index in [1.807, 2.05) is 7.05 Å². The molecule has 0 amide bonds. The second kappa shape index (κ2) is 7.97. The first-order valence-corrected chi connectivity index (χ1v) is 7.83. The zero-order valence-electron chi connectivity index (χ0n) is 13.3. The average molecular weight is 293 g/mol. The quantitative estimate of drug-likeness (QED) is 0.535. The number of aliphatic imine (C=N–C) groups is 1. The van der Waals surface area contributed by atoms with E-state index in [9.17, 15) is 0 Å². The van der Waals surface area contributed by atoms with E-state index in [2.05, 4.69) is 44.5 Å². The SMILES string of the molecule is CCNC(=NCc1ncnn1C)NCCN(CC)C1CC1. The molecule has 2 rings (SSSR count). The molecule has 0 saturated heterocycles. The Morgan fingerprint density at radius 1 is 1.43 bits per heavy atom. The van der Waals surface area contributed by atoms with Crippen LogP contribution in [0.1, 0.15) is 32.5 Å². The van der Waals surface area contributed by atoms with Crippen LogP contribution >= 0.6 is 0 Å². The normalized spacial score (nSPS) is 15.5. The maximum absolute atomic E-state index is 4.55. The fraction of sp³-hybridized carbons (Fsp3) is 0.786. The Labute approximate surface area is 126 Å². The van der Waals surface area contributed by atoms with Gasteiger partial charge in [-0.05, 0) is 26.3 Å². The van der Waals surface area contributed by atoms with E-state index in [1.54, 1.807) is 11.0 Å². The second-order valence-electron chi connectivity index (χ2n) is 5.28. The summed E-state index contributed by atoms with van der Waals surface area (Å²) in [6.07, 6.45) is 4.27. The van der Waals surface area contributed by atoms with Crippen molar-refractivity contribution in [2.24, 2.45) is 12.0 Å². The van der Waals surface area contributed by atoms with Gasteiger partial charge in [0, 0.05) is 32.7 Å². The minimum atomic E-state index is 0.534. The molecule has 0 atom stereocenters. The molecule has 1 aromatic rings. The highest BCUT2D eigenvalue weighted by Gasteiger charge is 2.27. The average Bonchev–Trinajstić information content (AvgIpc) is 3.24. The number of aromatic nitrogens is 3. The van der Waals surface area contributed by atoms with Gasteiger partial charge >= 0.3 is 0 Å². The van der Waals surface area contributed by atoms with Gasteiger partial charge in [-0.15, -0.1) is 0 Å². The number of hydrogen-bond acceptors (Lipinski definition) is 4. The Kier molecular flexibility index (Phi) is 5.98. The van der Waals surface area contributed by atoms with Crippen molar-refractivity contribution in [2.45, 2.75) is 39.3 Å². The number of aryl methyl sites for hydroxylation is 1. The molecule has 1 fully saturated rings. The monoisotopic (exact) mass is 293 g/mol. The maximum Gasteiger partial charge on any atom is 0.191 e. The van der Waals surface area contributed by atoms with Crippen molar-refractivity contribution in [3.63, 3.8) is 0 Å². The van der Waals surface area contributed by atoms with E-state index in [0.717, 1.165) is 44.0 Å². The molecule has 1 heterocycles. The Balaban J connectivity index is 1.79. The van der Waals surface area contributed by atoms with Gasteiger partial charge in [0.1, 0.15) is 18.7 Å². The van der Waals surface area contributed by atoms with Crippen molar-refractivity contribution in [2.75, 3.05) is 26.2 Å². The van der Waals surface area contributed by atoms with Gasteiger partial charge in [0.05, 0.1) is 0 Å². The van der Waals surface area contributed by atoms with Crippen molar-refractivity contribution >= 4 is 5.96 Å². The molecule has 0 aliphatic heterocycles. The smallest absolute Gasteiger partial charge is 0.191 e. The number of hydrogen-bond donors (Lipinski definition) is 2.